The highest BCUT2D eigenvalue weighted by Crippen LogP contribution is 2.12. The molecule has 0 bridgehead atoms. The molecular weight excluding hydrogens is 264 g/mol. The average Bonchev–Trinajstić information content (AvgIpc) is 2.53. The summed E-state index contributed by atoms with van der Waals surface area (Å²) in [5.41, 5.74) is 2.58. The van der Waals surface area contributed by atoms with E-state index >= 15 is 0 Å². The molecule has 2 rings (SSSR count). The largest absolute Gasteiger partial charge is 0.373 e. The van der Waals surface area contributed by atoms with Crippen LogP contribution in [0.25, 0.3) is 0 Å². The number of aromatic nitrogens is 2. The summed E-state index contributed by atoms with van der Waals surface area (Å²) in [6.45, 7) is 2.58. The van der Waals surface area contributed by atoms with Crippen LogP contribution in [-0.2, 0) is 13.0 Å². The summed E-state index contributed by atoms with van der Waals surface area (Å²) in [6.07, 6.45) is 5.29. The molecule has 0 aliphatic carbocycles. The third-order valence-electron chi connectivity index (χ3n) is 3.11. The Kier molecular flexibility index (Phi) is 5.26. The van der Waals surface area contributed by atoms with Gasteiger partial charge in [0, 0.05) is 37.2 Å². The van der Waals surface area contributed by atoms with Gasteiger partial charge in [-0.2, -0.15) is 0 Å². The first-order valence-corrected chi connectivity index (χ1v) is 7.08. The Balaban J connectivity index is 2.09. The van der Waals surface area contributed by atoms with E-state index in [4.69, 9.17) is 0 Å². The van der Waals surface area contributed by atoms with Gasteiger partial charge in [0.2, 0.25) is 0 Å². The molecule has 0 aliphatic heterocycles. The molecule has 2 heterocycles. The predicted molar refractivity (Wildman–Crippen MR) is 83.2 cm³/mol. The van der Waals surface area contributed by atoms with Gasteiger partial charge in [0.15, 0.2) is 0 Å². The van der Waals surface area contributed by atoms with Crippen molar-refractivity contribution in [1.82, 2.24) is 15.3 Å². The second-order valence-corrected chi connectivity index (χ2v) is 4.77. The predicted octanol–water partition coefficient (Wildman–Crippen LogP) is 2.40. The summed E-state index contributed by atoms with van der Waals surface area (Å²) < 4.78 is 0. The molecule has 2 aromatic heterocycles. The third-order valence-corrected chi connectivity index (χ3v) is 3.11. The lowest BCUT2D eigenvalue weighted by atomic mass is 10.1. The summed E-state index contributed by atoms with van der Waals surface area (Å²) in [6, 6.07) is 7.38. The first-order chi connectivity index (χ1) is 10.2. The Morgan fingerprint density at radius 1 is 1.24 bits per heavy atom. The summed E-state index contributed by atoms with van der Waals surface area (Å²) in [5, 5.41) is 5.91. The van der Waals surface area contributed by atoms with E-state index in [-0.39, 0.29) is 5.91 Å². The average molecular weight is 284 g/mol. The van der Waals surface area contributed by atoms with E-state index in [0.717, 1.165) is 29.9 Å². The zero-order chi connectivity index (χ0) is 15.1. The molecule has 0 fully saturated rings. The van der Waals surface area contributed by atoms with Crippen LogP contribution in [0, 0.1) is 0 Å². The van der Waals surface area contributed by atoms with Crippen molar-refractivity contribution in [3.05, 3.63) is 53.5 Å². The molecule has 2 N–H and O–H groups in total. The van der Waals surface area contributed by atoms with E-state index < -0.39 is 0 Å². The fourth-order valence-corrected chi connectivity index (χ4v) is 2.02. The van der Waals surface area contributed by atoms with Crippen LogP contribution in [0.1, 0.15) is 35.0 Å². The van der Waals surface area contributed by atoms with Crippen molar-refractivity contribution in [1.29, 1.82) is 0 Å². The molecule has 0 aliphatic rings. The second kappa shape index (κ2) is 7.38. The van der Waals surface area contributed by atoms with Crippen molar-refractivity contribution in [2.24, 2.45) is 0 Å². The van der Waals surface area contributed by atoms with Gasteiger partial charge >= 0.3 is 0 Å². The molecule has 0 saturated carbocycles. The standard InChI is InChI=1S/C16H20N4O/c1-3-4-14-9-13(10-15(17-2)20-14)16(21)19-11-12-5-7-18-8-6-12/h5-10H,3-4,11H2,1-2H3,(H,17,20)(H,19,21). The van der Waals surface area contributed by atoms with Gasteiger partial charge in [0.05, 0.1) is 0 Å². The zero-order valence-corrected chi connectivity index (χ0v) is 12.4. The monoisotopic (exact) mass is 284 g/mol. The maximum atomic E-state index is 12.3. The number of nitrogens with zero attached hydrogens (tertiary/aromatic N) is 2. The minimum Gasteiger partial charge on any atom is -0.373 e. The number of hydrogen-bond donors (Lipinski definition) is 2. The lowest BCUT2D eigenvalue weighted by Gasteiger charge is -2.09. The molecule has 1 amide bonds. The maximum Gasteiger partial charge on any atom is 0.251 e. The Morgan fingerprint density at radius 2 is 2.00 bits per heavy atom. The van der Waals surface area contributed by atoms with Crippen LogP contribution in [0.2, 0.25) is 0 Å². The maximum absolute atomic E-state index is 12.3. The number of carbonyl (C=O) groups is 1. The first-order valence-electron chi connectivity index (χ1n) is 7.08. The van der Waals surface area contributed by atoms with Crippen molar-refractivity contribution in [3.63, 3.8) is 0 Å². The van der Waals surface area contributed by atoms with Gasteiger partial charge < -0.3 is 10.6 Å². The Bertz CT molecular complexity index is 598. The van der Waals surface area contributed by atoms with Gasteiger partial charge in [-0.25, -0.2) is 4.98 Å². The van der Waals surface area contributed by atoms with E-state index in [1.807, 2.05) is 18.2 Å². The first kappa shape index (κ1) is 15.0. The summed E-state index contributed by atoms with van der Waals surface area (Å²) in [5.74, 6) is 0.623. The van der Waals surface area contributed by atoms with Crippen LogP contribution < -0.4 is 10.6 Å². The van der Waals surface area contributed by atoms with Gasteiger partial charge in [0.25, 0.3) is 5.91 Å². The van der Waals surface area contributed by atoms with Crippen molar-refractivity contribution < 1.29 is 4.79 Å². The van der Waals surface area contributed by atoms with E-state index in [1.165, 1.54) is 0 Å². The number of hydrogen-bond acceptors (Lipinski definition) is 4. The number of pyridine rings is 2. The van der Waals surface area contributed by atoms with Gasteiger partial charge in [-0.3, -0.25) is 9.78 Å². The number of anilines is 1. The molecular formula is C16H20N4O. The molecule has 21 heavy (non-hydrogen) atoms. The number of rotatable bonds is 6. The van der Waals surface area contributed by atoms with Crippen molar-refractivity contribution in [2.75, 3.05) is 12.4 Å². The van der Waals surface area contributed by atoms with E-state index in [0.29, 0.717) is 12.1 Å². The molecule has 110 valence electrons. The van der Waals surface area contributed by atoms with Crippen LogP contribution in [0.4, 0.5) is 5.82 Å². The Morgan fingerprint density at radius 3 is 2.67 bits per heavy atom. The van der Waals surface area contributed by atoms with Crippen LogP contribution in [0.15, 0.2) is 36.7 Å². The molecule has 2 aromatic rings. The van der Waals surface area contributed by atoms with Crippen molar-refractivity contribution in [2.45, 2.75) is 26.3 Å². The van der Waals surface area contributed by atoms with E-state index in [9.17, 15) is 4.79 Å². The summed E-state index contributed by atoms with van der Waals surface area (Å²) >= 11 is 0. The lowest BCUT2D eigenvalue weighted by molar-refractivity contribution is 0.0950. The highest BCUT2D eigenvalue weighted by molar-refractivity contribution is 5.94. The van der Waals surface area contributed by atoms with Crippen LogP contribution >= 0.6 is 0 Å². The molecule has 0 spiro atoms. The molecule has 5 heteroatoms. The fourth-order valence-electron chi connectivity index (χ4n) is 2.02. The Labute approximate surface area is 124 Å². The molecule has 0 atom stereocenters. The van der Waals surface area contributed by atoms with Gasteiger partial charge in [-0.05, 0) is 36.2 Å². The minimum absolute atomic E-state index is 0.0944. The zero-order valence-electron chi connectivity index (χ0n) is 12.4. The van der Waals surface area contributed by atoms with Gasteiger partial charge in [-0.1, -0.05) is 13.3 Å². The van der Waals surface area contributed by atoms with Crippen molar-refractivity contribution in [3.8, 4) is 0 Å². The smallest absolute Gasteiger partial charge is 0.251 e. The third kappa shape index (κ3) is 4.27. The topological polar surface area (TPSA) is 66.9 Å². The van der Waals surface area contributed by atoms with Crippen molar-refractivity contribution >= 4 is 11.7 Å². The molecule has 0 saturated heterocycles. The molecule has 0 unspecified atom stereocenters. The summed E-state index contributed by atoms with van der Waals surface area (Å²) in [7, 11) is 1.80. The normalized spacial score (nSPS) is 10.2. The summed E-state index contributed by atoms with van der Waals surface area (Å²) in [4.78, 5) is 20.7. The SMILES string of the molecule is CCCc1cc(C(=O)NCc2ccncc2)cc(NC)n1. The number of aryl methyl sites for hydroxylation is 1. The highest BCUT2D eigenvalue weighted by atomic mass is 16.1. The molecule has 5 nitrogen and oxygen atoms in total. The number of carbonyl (C=O) groups excluding carboxylic acids is 1. The Hall–Kier alpha value is -2.43. The minimum atomic E-state index is -0.0944. The van der Waals surface area contributed by atoms with Gasteiger partial charge in [-0.15, -0.1) is 0 Å². The fraction of sp³-hybridized carbons (Fsp3) is 0.312. The second-order valence-electron chi connectivity index (χ2n) is 4.77. The highest BCUT2D eigenvalue weighted by Gasteiger charge is 2.09. The number of nitrogens with one attached hydrogen (secondary N) is 2. The quantitative estimate of drug-likeness (QED) is 0.855. The lowest BCUT2D eigenvalue weighted by Crippen LogP contribution is -2.23. The van der Waals surface area contributed by atoms with Gasteiger partial charge in [0.1, 0.15) is 5.82 Å². The number of amides is 1. The van der Waals surface area contributed by atoms with Crippen LogP contribution in [-0.4, -0.2) is 22.9 Å². The van der Waals surface area contributed by atoms with Crippen LogP contribution in [0.3, 0.4) is 0 Å². The molecule has 0 aromatic carbocycles. The van der Waals surface area contributed by atoms with E-state index in [2.05, 4.69) is 27.5 Å². The molecule has 0 radical (unpaired) electrons. The van der Waals surface area contributed by atoms with Crippen LogP contribution in [0.5, 0.6) is 0 Å². The van der Waals surface area contributed by atoms with E-state index in [1.54, 1.807) is 25.5 Å².